The fourth-order valence-electron chi connectivity index (χ4n) is 3.61. The van der Waals surface area contributed by atoms with Crippen LogP contribution in [0, 0.1) is 0 Å². The van der Waals surface area contributed by atoms with Gasteiger partial charge < -0.3 is 9.41 Å². The Morgan fingerprint density at radius 3 is 1.73 bits per heavy atom. The lowest BCUT2D eigenvalue weighted by atomic mass is 10.2. The highest BCUT2D eigenvalue weighted by Gasteiger charge is 2.50. The van der Waals surface area contributed by atoms with Crippen molar-refractivity contribution in [1.29, 1.82) is 0 Å². The molecule has 0 saturated heterocycles. The van der Waals surface area contributed by atoms with Gasteiger partial charge in [-0.3, -0.25) is 0 Å². The molecule has 26 heavy (non-hydrogen) atoms. The van der Waals surface area contributed by atoms with E-state index in [0.717, 1.165) is 11.4 Å². The highest BCUT2D eigenvalue weighted by molar-refractivity contribution is 7.79. The van der Waals surface area contributed by atoms with Crippen molar-refractivity contribution in [2.75, 3.05) is 0 Å². The Hall–Kier alpha value is -1.75. The van der Waals surface area contributed by atoms with E-state index >= 15 is 0 Å². The van der Waals surface area contributed by atoms with E-state index in [1.165, 1.54) is 10.4 Å². The number of H-pyrrole nitrogens is 1. The fraction of sp³-hybridized carbons (Fsp3) is 0.273. The molecule has 3 rings (SSSR count). The third-order valence-corrected chi connectivity index (χ3v) is 10.2. The Labute approximate surface area is 163 Å². The lowest BCUT2D eigenvalue weighted by Gasteiger charge is -2.43. The van der Waals surface area contributed by atoms with Crippen molar-refractivity contribution >= 4 is 31.3 Å². The molecule has 3 aromatic rings. The number of aromatic amines is 1. The molecule has 0 spiro atoms. The quantitative estimate of drug-likeness (QED) is 0.476. The van der Waals surface area contributed by atoms with Gasteiger partial charge in [0.15, 0.2) is 0 Å². The summed E-state index contributed by atoms with van der Waals surface area (Å²) in [7, 11) is -2.47. The highest BCUT2D eigenvalue weighted by Crippen LogP contribution is 2.37. The average Bonchev–Trinajstić information content (AvgIpc) is 3.11. The zero-order chi connectivity index (χ0) is 18.6. The second-order valence-electron chi connectivity index (χ2n) is 7.62. The topological polar surface area (TPSA) is 25.0 Å². The Kier molecular flexibility index (Phi) is 5.75. The summed E-state index contributed by atoms with van der Waals surface area (Å²) < 4.78 is 6.89. The number of hydrogen-bond donors (Lipinski definition) is 2. The first kappa shape index (κ1) is 19.0. The SMILES string of the molecule is CC(C)(C)[Si](OCc1ccc(CS)[nH]1)(c1ccccc1)c1ccccc1. The molecule has 0 aliphatic carbocycles. The largest absolute Gasteiger partial charge is 0.402 e. The van der Waals surface area contributed by atoms with E-state index in [1.807, 2.05) is 0 Å². The lowest BCUT2D eigenvalue weighted by molar-refractivity contribution is 0.282. The molecule has 0 amide bonds. The number of hydrogen-bond acceptors (Lipinski definition) is 2. The summed E-state index contributed by atoms with van der Waals surface area (Å²) >= 11 is 4.35. The van der Waals surface area contributed by atoms with Crippen LogP contribution >= 0.6 is 12.6 Å². The van der Waals surface area contributed by atoms with Crippen LogP contribution in [0.1, 0.15) is 32.2 Å². The molecule has 1 N–H and O–H groups in total. The molecule has 136 valence electrons. The number of aromatic nitrogens is 1. The number of rotatable bonds is 6. The van der Waals surface area contributed by atoms with E-state index < -0.39 is 8.32 Å². The Morgan fingerprint density at radius 1 is 0.808 bits per heavy atom. The predicted octanol–water partition coefficient (Wildman–Crippen LogP) is 4.52. The van der Waals surface area contributed by atoms with Crippen molar-refractivity contribution in [2.45, 2.75) is 38.2 Å². The third-order valence-electron chi connectivity index (χ3n) is 4.84. The molecular formula is C22H27NOSSi. The minimum atomic E-state index is -2.47. The van der Waals surface area contributed by atoms with Gasteiger partial charge in [-0.2, -0.15) is 12.6 Å². The highest BCUT2D eigenvalue weighted by atomic mass is 32.1. The van der Waals surface area contributed by atoms with Crippen LogP contribution in [0.3, 0.4) is 0 Å². The Balaban J connectivity index is 2.08. The van der Waals surface area contributed by atoms with Gasteiger partial charge in [0.05, 0.1) is 6.61 Å². The molecule has 0 aliphatic heterocycles. The normalized spacial score (nSPS) is 12.3. The molecule has 2 aromatic carbocycles. The summed E-state index contributed by atoms with van der Waals surface area (Å²) in [5.74, 6) is 0.708. The van der Waals surface area contributed by atoms with Gasteiger partial charge in [0.1, 0.15) is 0 Å². The minimum Gasteiger partial charge on any atom is -0.402 e. The molecule has 0 atom stereocenters. The third kappa shape index (κ3) is 3.68. The lowest BCUT2D eigenvalue weighted by Crippen LogP contribution is -2.66. The van der Waals surface area contributed by atoms with Crippen molar-refractivity contribution in [3.63, 3.8) is 0 Å². The van der Waals surface area contributed by atoms with Crippen LogP contribution < -0.4 is 10.4 Å². The second-order valence-corrected chi connectivity index (χ2v) is 12.2. The monoisotopic (exact) mass is 381 g/mol. The second kappa shape index (κ2) is 7.87. The van der Waals surface area contributed by atoms with Gasteiger partial charge in [-0.1, -0.05) is 81.4 Å². The van der Waals surface area contributed by atoms with Crippen LogP contribution in [-0.4, -0.2) is 13.3 Å². The molecule has 0 unspecified atom stereocenters. The number of thiol groups is 1. The summed E-state index contributed by atoms with van der Waals surface area (Å²) in [6.45, 7) is 7.47. The van der Waals surface area contributed by atoms with Crippen LogP contribution in [0.25, 0.3) is 0 Å². The first-order valence-electron chi connectivity index (χ1n) is 9.00. The van der Waals surface area contributed by atoms with Gasteiger partial charge >= 0.3 is 0 Å². The standard InChI is InChI=1S/C22H27NOSSi/c1-22(2,3)26(20-10-6-4-7-11-20,21-12-8-5-9-13-21)24-16-18-14-15-19(17-25)23-18/h4-15,23,25H,16-17H2,1-3H3. The van der Waals surface area contributed by atoms with Crippen molar-refractivity contribution in [1.82, 2.24) is 4.98 Å². The van der Waals surface area contributed by atoms with Crippen molar-refractivity contribution < 1.29 is 4.43 Å². The maximum Gasteiger partial charge on any atom is 0.261 e. The van der Waals surface area contributed by atoms with Crippen LogP contribution in [0.15, 0.2) is 72.8 Å². The van der Waals surface area contributed by atoms with E-state index in [-0.39, 0.29) is 5.04 Å². The predicted molar refractivity (Wildman–Crippen MR) is 116 cm³/mol. The number of nitrogens with one attached hydrogen (secondary N) is 1. The smallest absolute Gasteiger partial charge is 0.261 e. The van der Waals surface area contributed by atoms with E-state index in [4.69, 9.17) is 4.43 Å². The van der Waals surface area contributed by atoms with Gasteiger partial charge in [-0.05, 0) is 27.5 Å². The van der Waals surface area contributed by atoms with Gasteiger partial charge in [-0.25, -0.2) is 0 Å². The van der Waals surface area contributed by atoms with Crippen molar-refractivity contribution in [2.24, 2.45) is 0 Å². The first-order chi connectivity index (χ1) is 12.5. The number of benzene rings is 2. The van der Waals surface area contributed by atoms with Crippen LogP contribution in [0.4, 0.5) is 0 Å². The van der Waals surface area contributed by atoms with Gasteiger partial charge in [0, 0.05) is 17.1 Å². The molecule has 0 radical (unpaired) electrons. The summed E-state index contributed by atoms with van der Waals surface area (Å²) in [4.78, 5) is 3.41. The molecule has 0 bridgehead atoms. The van der Waals surface area contributed by atoms with Crippen LogP contribution in [-0.2, 0) is 16.8 Å². The van der Waals surface area contributed by atoms with Crippen LogP contribution in [0.5, 0.6) is 0 Å². The molecule has 0 fully saturated rings. The molecule has 1 aromatic heterocycles. The summed E-state index contributed by atoms with van der Waals surface area (Å²) in [5, 5.41) is 2.61. The average molecular weight is 382 g/mol. The molecule has 2 nitrogen and oxygen atoms in total. The van der Waals surface area contributed by atoms with Crippen molar-refractivity contribution in [3.05, 3.63) is 84.2 Å². The zero-order valence-corrected chi connectivity index (χ0v) is 17.6. The van der Waals surface area contributed by atoms with Gasteiger partial charge in [-0.15, -0.1) is 0 Å². The summed E-state index contributed by atoms with van der Waals surface area (Å²) in [5.41, 5.74) is 2.22. The molecular weight excluding hydrogens is 354 g/mol. The van der Waals surface area contributed by atoms with E-state index in [2.05, 4.69) is 111 Å². The van der Waals surface area contributed by atoms with Gasteiger partial charge in [0.2, 0.25) is 0 Å². The summed E-state index contributed by atoms with van der Waals surface area (Å²) in [6.07, 6.45) is 0. The summed E-state index contributed by atoms with van der Waals surface area (Å²) in [6, 6.07) is 25.7. The molecule has 0 aliphatic rings. The Morgan fingerprint density at radius 2 is 1.31 bits per heavy atom. The van der Waals surface area contributed by atoms with Crippen LogP contribution in [0.2, 0.25) is 5.04 Å². The zero-order valence-electron chi connectivity index (χ0n) is 15.7. The van der Waals surface area contributed by atoms with Gasteiger partial charge in [0.25, 0.3) is 8.32 Å². The maximum absolute atomic E-state index is 6.89. The molecule has 4 heteroatoms. The van der Waals surface area contributed by atoms with E-state index in [0.29, 0.717) is 12.4 Å². The Bertz CT molecular complexity index is 785. The minimum absolute atomic E-state index is 0.00528. The van der Waals surface area contributed by atoms with E-state index in [1.54, 1.807) is 0 Å². The molecule has 1 heterocycles. The van der Waals surface area contributed by atoms with E-state index in [9.17, 15) is 0 Å². The fourth-order valence-corrected chi connectivity index (χ4v) is 8.33. The molecule has 0 saturated carbocycles. The maximum atomic E-state index is 6.89. The van der Waals surface area contributed by atoms with Crippen molar-refractivity contribution in [3.8, 4) is 0 Å². The first-order valence-corrected chi connectivity index (χ1v) is 11.5.